The SMILES string of the molecule is CC1(C)C2CC[C@@]1(Br)C(=O)C2=O. The van der Waals surface area contributed by atoms with E-state index < -0.39 is 4.32 Å². The summed E-state index contributed by atoms with van der Waals surface area (Å²) in [7, 11) is 0. The average molecular weight is 231 g/mol. The van der Waals surface area contributed by atoms with Crippen molar-refractivity contribution in [3.8, 4) is 0 Å². The van der Waals surface area contributed by atoms with E-state index in [1.165, 1.54) is 0 Å². The molecule has 2 aliphatic carbocycles. The van der Waals surface area contributed by atoms with Gasteiger partial charge in [-0.05, 0) is 18.3 Å². The normalized spacial score (nSPS) is 44.1. The molecule has 2 rings (SSSR count). The van der Waals surface area contributed by atoms with Crippen molar-refractivity contribution in [1.29, 1.82) is 0 Å². The highest BCUT2D eigenvalue weighted by atomic mass is 79.9. The molecule has 12 heavy (non-hydrogen) atoms. The van der Waals surface area contributed by atoms with Crippen LogP contribution in [0, 0.1) is 11.3 Å². The molecule has 0 saturated heterocycles. The van der Waals surface area contributed by atoms with Crippen LogP contribution in [-0.4, -0.2) is 15.9 Å². The van der Waals surface area contributed by atoms with Gasteiger partial charge in [0.2, 0.25) is 11.6 Å². The number of hydrogen-bond donors (Lipinski definition) is 0. The summed E-state index contributed by atoms with van der Waals surface area (Å²) in [6, 6.07) is 0. The zero-order valence-electron chi connectivity index (χ0n) is 7.19. The Bertz CT molecular complexity index is 282. The number of ketones is 2. The van der Waals surface area contributed by atoms with Crippen LogP contribution in [0.2, 0.25) is 0 Å². The minimum atomic E-state index is -0.540. The molecular formula is C9H11BrO2. The number of Topliss-reactive ketones (excluding diaryl/α,β-unsaturated/α-hetero) is 2. The van der Waals surface area contributed by atoms with E-state index in [4.69, 9.17) is 0 Å². The fraction of sp³-hybridized carbons (Fsp3) is 0.778. The van der Waals surface area contributed by atoms with Crippen LogP contribution < -0.4 is 0 Å². The Morgan fingerprint density at radius 2 is 2.00 bits per heavy atom. The summed E-state index contributed by atoms with van der Waals surface area (Å²) in [5.41, 5.74) is -0.179. The van der Waals surface area contributed by atoms with E-state index in [1.54, 1.807) is 0 Å². The Morgan fingerprint density at radius 1 is 1.42 bits per heavy atom. The minimum absolute atomic E-state index is 0.0376. The smallest absolute Gasteiger partial charge is 0.215 e. The lowest BCUT2D eigenvalue weighted by molar-refractivity contribution is -0.137. The minimum Gasteiger partial charge on any atom is -0.290 e. The van der Waals surface area contributed by atoms with E-state index in [1.807, 2.05) is 13.8 Å². The summed E-state index contributed by atoms with van der Waals surface area (Å²) in [4.78, 5) is 22.9. The number of alkyl halides is 1. The molecule has 2 aliphatic rings. The molecule has 0 aromatic carbocycles. The van der Waals surface area contributed by atoms with Gasteiger partial charge in [0.25, 0.3) is 0 Å². The van der Waals surface area contributed by atoms with Gasteiger partial charge in [0.1, 0.15) is 0 Å². The summed E-state index contributed by atoms with van der Waals surface area (Å²) in [5, 5.41) is 0. The van der Waals surface area contributed by atoms with Gasteiger partial charge in [-0.2, -0.15) is 0 Å². The van der Waals surface area contributed by atoms with Gasteiger partial charge in [-0.15, -0.1) is 0 Å². The maximum Gasteiger partial charge on any atom is 0.215 e. The van der Waals surface area contributed by atoms with Gasteiger partial charge in [-0.3, -0.25) is 9.59 Å². The first-order valence-electron chi connectivity index (χ1n) is 4.19. The summed E-state index contributed by atoms with van der Waals surface area (Å²) in [5.74, 6) is -0.406. The van der Waals surface area contributed by atoms with Gasteiger partial charge in [0, 0.05) is 5.92 Å². The fourth-order valence-electron chi connectivity index (χ4n) is 2.52. The van der Waals surface area contributed by atoms with Crippen LogP contribution in [0.1, 0.15) is 26.7 Å². The molecule has 0 amide bonds. The molecule has 0 N–H and O–H groups in total. The molecule has 0 aromatic heterocycles. The highest BCUT2D eigenvalue weighted by Gasteiger charge is 2.67. The Morgan fingerprint density at radius 3 is 2.25 bits per heavy atom. The number of carbonyl (C=O) groups excluding carboxylic acids is 2. The summed E-state index contributed by atoms with van der Waals surface area (Å²) in [6.45, 7) is 4.00. The van der Waals surface area contributed by atoms with E-state index in [9.17, 15) is 9.59 Å². The molecule has 66 valence electrons. The number of halogens is 1. The van der Waals surface area contributed by atoms with Crippen molar-refractivity contribution in [3.05, 3.63) is 0 Å². The molecule has 2 bridgehead atoms. The zero-order valence-corrected chi connectivity index (χ0v) is 8.77. The van der Waals surface area contributed by atoms with Crippen molar-refractivity contribution in [1.82, 2.24) is 0 Å². The van der Waals surface area contributed by atoms with E-state index >= 15 is 0 Å². The zero-order chi connectivity index (χ0) is 9.15. The maximum absolute atomic E-state index is 11.5. The molecule has 0 radical (unpaired) electrons. The van der Waals surface area contributed by atoms with E-state index in [-0.39, 0.29) is 22.9 Å². The maximum atomic E-state index is 11.5. The first-order valence-corrected chi connectivity index (χ1v) is 4.98. The molecule has 2 atom stereocenters. The Labute approximate surface area is 79.8 Å². The quantitative estimate of drug-likeness (QED) is 0.469. The topological polar surface area (TPSA) is 34.1 Å². The largest absolute Gasteiger partial charge is 0.290 e. The van der Waals surface area contributed by atoms with Gasteiger partial charge < -0.3 is 0 Å². The molecule has 0 aliphatic heterocycles. The van der Waals surface area contributed by atoms with Gasteiger partial charge in [-0.25, -0.2) is 0 Å². The van der Waals surface area contributed by atoms with Crippen molar-refractivity contribution in [3.63, 3.8) is 0 Å². The van der Waals surface area contributed by atoms with Crippen LogP contribution >= 0.6 is 15.9 Å². The highest BCUT2D eigenvalue weighted by Crippen LogP contribution is 2.61. The molecule has 1 unspecified atom stereocenters. The Balaban J connectivity index is 2.58. The lowest BCUT2D eigenvalue weighted by atomic mass is 9.82. The van der Waals surface area contributed by atoms with Gasteiger partial charge in [-0.1, -0.05) is 29.8 Å². The summed E-state index contributed by atoms with van der Waals surface area (Å²) in [6.07, 6.45) is 1.68. The lowest BCUT2D eigenvalue weighted by Gasteiger charge is -2.29. The summed E-state index contributed by atoms with van der Waals surface area (Å²) < 4.78 is -0.540. The first-order chi connectivity index (χ1) is 5.41. The monoisotopic (exact) mass is 230 g/mol. The van der Waals surface area contributed by atoms with Gasteiger partial charge in [0.15, 0.2) is 0 Å². The highest BCUT2D eigenvalue weighted by molar-refractivity contribution is 9.10. The second kappa shape index (κ2) is 2.00. The summed E-state index contributed by atoms with van der Waals surface area (Å²) >= 11 is 3.44. The third-order valence-electron chi connectivity index (χ3n) is 3.57. The van der Waals surface area contributed by atoms with Crippen molar-refractivity contribution in [2.45, 2.75) is 31.0 Å². The second-order valence-electron chi connectivity index (χ2n) is 4.31. The molecule has 2 fully saturated rings. The van der Waals surface area contributed by atoms with Gasteiger partial charge >= 0.3 is 0 Å². The second-order valence-corrected chi connectivity index (χ2v) is 5.66. The van der Waals surface area contributed by atoms with Gasteiger partial charge in [0.05, 0.1) is 4.32 Å². The van der Waals surface area contributed by atoms with Crippen LogP contribution in [0.25, 0.3) is 0 Å². The molecule has 2 saturated carbocycles. The van der Waals surface area contributed by atoms with Crippen LogP contribution in [0.4, 0.5) is 0 Å². The van der Waals surface area contributed by atoms with Crippen molar-refractivity contribution in [2.75, 3.05) is 0 Å². The van der Waals surface area contributed by atoms with Crippen molar-refractivity contribution in [2.24, 2.45) is 11.3 Å². The van der Waals surface area contributed by atoms with Crippen molar-refractivity contribution >= 4 is 27.5 Å². The predicted molar refractivity (Wildman–Crippen MR) is 48.2 cm³/mol. The van der Waals surface area contributed by atoms with E-state index in [0.29, 0.717) is 0 Å². The predicted octanol–water partition coefficient (Wildman–Crippen LogP) is 1.71. The van der Waals surface area contributed by atoms with E-state index in [2.05, 4.69) is 15.9 Å². The standard InChI is InChI=1S/C9H11BrO2/c1-8(2)5-3-4-9(8,10)7(12)6(5)11/h5H,3-4H2,1-2H3/t5?,9-/m1/s1. The molecule has 3 heteroatoms. The van der Waals surface area contributed by atoms with Crippen LogP contribution in [0.3, 0.4) is 0 Å². The van der Waals surface area contributed by atoms with E-state index in [0.717, 1.165) is 12.8 Å². The molecule has 2 nitrogen and oxygen atoms in total. The molecule has 0 spiro atoms. The first kappa shape index (κ1) is 8.42. The number of hydrogen-bond acceptors (Lipinski definition) is 2. The average Bonchev–Trinajstić information content (AvgIpc) is 2.26. The Kier molecular flexibility index (Phi) is 1.41. The third-order valence-corrected chi connectivity index (χ3v) is 5.35. The van der Waals surface area contributed by atoms with Crippen LogP contribution in [0.15, 0.2) is 0 Å². The number of rotatable bonds is 0. The lowest BCUT2D eigenvalue weighted by Crippen LogP contribution is -2.37. The number of carbonyl (C=O) groups is 2. The van der Waals surface area contributed by atoms with Crippen molar-refractivity contribution < 1.29 is 9.59 Å². The van der Waals surface area contributed by atoms with Crippen LogP contribution in [0.5, 0.6) is 0 Å². The van der Waals surface area contributed by atoms with Crippen LogP contribution in [-0.2, 0) is 9.59 Å². The molecule has 0 aromatic rings. The Hall–Kier alpha value is -0.180. The molecule has 0 heterocycles. The molecular weight excluding hydrogens is 220 g/mol. The third kappa shape index (κ3) is 0.630. The number of fused-ring (bicyclic) bond motifs is 2. The fourth-order valence-corrected chi connectivity index (χ4v) is 3.22.